The van der Waals surface area contributed by atoms with E-state index in [1.807, 2.05) is 31.2 Å². The maximum Gasteiger partial charge on any atom is 0.274 e. The van der Waals surface area contributed by atoms with Gasteiger partial charge in [-0.1, -0.05) is 17.7 Å². The predicted molar refractivity (Wildman–Crippen MR) is 90.0 cm³/mol. The molecule has 2 N–H and O–H groups in total. The van der Waals surface area contributed by atoms with Gasteiger partial charge in [0.2, 0.25) is 0 Å². The summed E-state index contributed by atoms with van der Waals surface area (Å²) in [5.41, 5.74) is 2.77. The fourth-order valence-electron chi connectivity index (χ4n) is 2.21. The van der Waals surface area contributed by atoms with Gasteiger partial charge in [-0.2, -0.15) is 0 Å². The number of carbonyl (C=O) groups is 1. The first-order valence-corrected chi connectivity index (χ1v) is 7.40. The summed E-state index contributed by atoms with van der Waals surface area (Å²) in [7, 11) is 0. The molecule has 0 saturated heterocycles. The molecule has 2 aromatic carbocycles. The number of nitrogens with zero attached hydrogens (tertiary/aromatic N) is 1. The van der Waals surface area contributed by atoms with Gasteiger partial charge in [-0.25, -0.2) is 4.39 Å². The van der Waals surface area contributed by atoms with E-state index in [4.69, 9.17) is 12.2 Å². The molecule has 0 fully saturated rings. The second-order valence-corrected chi connectivity index (χ2v) is 5.50. The maximum absolute atomic E-state index is 13.1. The first kappa shape index (κ1) is 15.2. The molecule has 3 rings (SSSR count). The zero-order valence-corrected chi connectivity index (χ0v) is 13.2. The number of halogens is 1. The lowest BCUT2D eigenvalue weighted by Gasteiger charge is -2.09. The van der Waals surface area contributed by atoms with Crippen LogP contribution in [-0.2, 0) is 0 Å². The average molecular weight is 327 g/mol. The highest BCUT2D eigenvalue weighted by Gasteiger charge is 2.14. The van der Waals surface area contributed by atoms with Crippen LogP contribution in [-0.4, -0.2) is 15.5 Å². The number of nitrogens with one attached hydrogen (secondary N) is 2. The monoisotopic (exact) mass is 327 g/mol. The minimum atomic E-state index is -0.346. The summed E-state index contributed by atoms with van der Waals surface area (Å²) in [6.07, 6.45) is 1.54. The van der Waals surface area contributed by atoms with Crippen LogP contribution in [0, 0.1) is 17.5 Å². The molecule has 23 heavy (non-hydrogen) atoms. The third-order valence-corrected chi connectivity index (χ3v) is 3.70. The van der Waals surface area contributed by atoms with Crippen LogP contribution in [0.3, 0.4) is 0 Å². The lowest BCUT2D eigenvalue weighted by molar-refractivity contribution is 0.102. The van der Waals surface area contributed by atoms with E-state index in [1.54, 1.807) is 16.7 Å². The van der Waals surface area contributed by atoms with Gasteiger partial charge in [0, 0.05) is 17.6 Å². The van der Waals surface area contributed by atoms with Crippen LogP contribution in [0.4, 0.5) is 10.1 Å². The Hall–Kier alpha value is -2.73. The third kappa shape index (κ3) is 3.22. The van der Waals surface area contributed by atoms with Crippen LogP contribution in [0.25, 0.3) is 5.69 Å². The minimum absolute atomic E-state index is 0.300. The molecule has 0 radical (unpaired) electrons. The zero-order valence-electron chi connectivity index (χ0n) is 12.3. The van der Waals surface area contributed by atoms with E-state index in [9.17, 15) is 9.18 Å². The highest BCUT2D eigenvalue weighted by molar-refractivity contribution is 7.71. The standard InChI is InChI=1S/C17H14FN3OS/c1-11-2-6-13(7-3-11)20-16(22)15-10-19-17(23)21(15)14-8-4-12(18)5-9-14/h2-10H,1H3,(H,19,23)(H,20,22). The van der Waals surface area contributed by atoms with Crippen molar-refractivity contribution in [1.82, 2.24) is 9.55 Å². The predicted octanol–water partition coefficient (Wildman–Crippen LogP) is 4.23. The van der Waals surface area contributed by atoms with Crippen molar-refractivity contribution in [2.45, 2.75) is 6.92 Å². The first-order valence-electron chi connectivity index (χ1n) is 6.99. The Morgan fingerprint density at radius 2 is 1.78 bits per heavy atom. The summed E-state index contributed by atoms with van der Waals surface area (Å²) < 4.78 is 15.0. The highest BCUT2D eigenvalue weighted by atomic mass is 32.1. The highest BCUT2D eigenvalue weighted by Crippen LogP contribution is 2.16. The number of benzene rings is 2. The van der Waals surface area contributed by atoms with Crippen molar-refractivity contribution in [2.75, 3.05) is 5.32 Å². The minimum Gasteiger partial charge on any atom is -0.336 e. The van der Waals surface area contributed by atoms with Crippen LogP contribution >= 0.6 is 12.2 Å². The van der Waals surface area contributed by atoms with Crippen molar-refractivity contribution in [1.29, 1.82) is 0 Å². The summed E-state index contributed by atoms with van der Waals surface area (Å²) in [6, 6.07) is 13.3. The molecule has 6 heteroatoms. The van der Waals surface area contributed by atoms with Gasteiger partial charge in [0.05, 0.1) is 0 Å². The van der Waals surface area contributed by atoms with E-state index in [0.717, 1.165) is 5.56 Å². The summed E-state index contributed by atoms with van der Waals surface area (Å²) in [6.45, 7) is 1.98. The Morgan fingerprint density at radius 1 is 1.13 bits per heavy atom. The normalized spacial score (nSPS) is 10.5. The van der Waals surface area contributed by atoms with E-state index in [0.29, 0.717) is 21.8 Å². The zero-order chi connectivity index (χ0) is 16.4. The van der Waals surface area contributed by atoms with Crippen molar-refractivity contribution in [2.24, 2.45) is 0 Å². The topological polar surface area (TPSA) is 49.8 Å². The molecule has 0 saturated carbocycles. The number of hydrogen-bond donors (Lipinski definition) is 2. The number of aromatic amines is 1. The molecule has 0 aliphatic rings. The summed E-state index contributed by atoms with van der Waals surface area (Å²) >= 11 is 5.22. The van der Waals surface area contributed by atoms with Crippen molar-refractivity contribution >= 4 is 23.8 Å². The van der Waals surface area contributed by atoms with Crippen molar-refractivity contribution in [3.05, 3.63) is 76.6 Å². The number of aryl methyl sites for hydroxylation is 1. The van der Waals surface area contributed by atoms with Crippen LogP contribution < -0.4 is 5.32 Å². The van der Waals surface area contributed by atoms with Gasteiger partial charge in [-0.3, -0.25) is 9.36 Å². The third-order valence-electron chi connectivity index (χ3n) is 3.40. The second kappa shape index (κ2) is 6.18. The Kier molecular flexibility index (Phi) is 4.08. The molecule has 0 aliphatic carbocycles. The lowest BCUT2D eigenvalue weighted by atomic mass is 10.2. The smallest absolute Gasteiger partial charge is 0.274 e. The Morgan fingerprint density at radius 3 is 2.43 bits per heavy atom. The number of imidazole rings is 1. The van der Waals surface area contributed by atoms with Crippen molar-refractivity contribution in [3.63, 3.8) is 0 Å². The molecule has 4 nitrogen and oxygen atoms in total. The van der Waals surface area contributed by atoms with Gasteiger partial charge in [0.1, 0.15) is 11.5 Å². The van der Waals surface area contributed by atoms with E-state index in [-0.39, 0.29) is 11.7 Å². The number of anilines is 1. The van der Waals surface area contributed by atoms with Crippen molar-refractivity contribution in [3.8, 4) is 5.69 Å². The molecule has 1 amide bonds. The fraction of sp³-hybridized carbons (Fsp3) is 0.0588. The van der Waals surface area contributed by atoms with Crippen LogP contribution in [0.15, 0.2) is 54.7 Å². The van der Waals surface area contributed by atoms with Crippen LogP contribution in [0.1, 0.15) is 16.1 Å². The largest absolute Gasteiger partial charge is 0.336 e. The van der Waals surface area contributed by atoms with Gasteiger partial charge in [0.15, 0.2) is 4.77 Å². The van der Waals surface area contributed by atoms with Crippen LogP contribution in [0.5, 0.6) is 0 Å². The molecule has 116 valence electrons. The molecule has 0 spiro atoms. The van der Waals surface area contributed by atoms with E-state index in [1.165, 1.54) is 18.3 Å². The van der Waals surface area contributed by atoms with Gasteiger partial charge < -0.3 is 10.3 Å². The number of hydrogen-bond acceptors (Lipinski definition) is 2. The molecular weight excluding hydrogens is 313 g/mol. The lowest BCUT2D eigenvalue weighted by Crippen LogP contribution is -2.16. The molecule has 0 unspecified atom stereocenters. The van der Waals surface area contributed by atoms with Crippen LogP contribution in [0.2, 0.25) is 0 Å². The molecule has 0 bridgehead atoms. The summed E-state index contributed by atoms with van der Waals surface area (Å²) in [4.78, 5) is 15.4. The van der Waals surface area contributed by atoms with Gasteiger partial charge in [-0.05, 0) is 55.5 Å². The SMILES string of the molecule is Cc1ccc(NC(=O)c2c[nH]c(=S)n2-c2ccc(F)cc2)cc1. The Labute approximate surface area is 137 Å². The fourth-order valence-corrected chi connectivity index (χ4v) is 2.48. The molecular formula is C17H14FN3OS. The number of amides is 1. The number of aromatic nitrogens is 2. The van der Waals surface area contributed by atoms with Crippen molar-refractivity contribution < 1.29 is 9.18 Å². The average Bonchev–Trinajstić information content (AvgIpc) is 2.92. The number of H-pyrrole nitrogens is 1. The van der Waals surface area contributed by atoms with E-state index >= 15 is 0 Å². The number of rotatable bonds is 3. The summed E-state index contributed by atoms with van der Waals surface area (Å²) in [5, 5.41) is 2.82. The van der Waals surface area contributed by atoms with Gasteiger partial charge in [0.25, 0.3) is 5.91 Å². The molecule has 3 aromatic rings. The molecule has 1 aromatic heterocycles. The number of carbonyl (C=O) groups excluding carboxylic acids is 1. The molecule has 1 heterocycles. The van der Waals surface area contributed by atoms with E-state index in [2.05, 4.69) is 10.3 Å². The second-order valence-electron chi connectivity index (χ2n) is 5.11. The first-order chi connectivity index (χ1) is 11.0. The summed E-state index contributed by atoms with van der Waals surface area (Å²) in [5.74, 6) is -0.646. The molecule has 0 aliphatic heterocycles. The van der Waals surface area contributed by atoms with Gasteiger partial charge >= 0.3 is 0 Å². The maximum atomic E-state index is 13.1. The Bertz CT molecular complexity index is 895. The molecule has 0 atom stereocenters. The quantitative estimate of drug-likeness (QED) is 0.707. The van der Waals surface area contributed by atoms with Gasteiger partial charge in [-0.15, -0.1) is 0 Å². The Balaban J connectivity index is 1.94. The van der Waals surface area contributed by atoms with E-state index < -0.39 is 0 Å².